The molecule has 0 atom stereocenters. The van der Waals surface area contributed by atoms with Crippen LogP contribution in [0, 0.1) is 5.41 Å². The number of anilines is 1. The average Bonchev–Trinajstić information content (AvgIpc) is 3.01. The monoisotopic (exact) mass is 434 g/mol. The van der Waals surface area contributed by atoms with Gasteiger partial charge in [0.25, 0.3) is 0 Å². The normalized spacial score (nSPS) is 15.2. The van der Waals surface area contributed by atoms with Crippen molar-refractivity contribution in [1.82, 2.24) is 24.6 Å². The highest BCUT2D eigenvalue weighted by atomic mass is 16.2. The van der Waals surface area contributed by atoms with Gasteiger partial charge in [0.05, 0.1) is 17.3 Å². The van der Waals surface area contributed by atoms with E-state index in [1.54, 1.807) is 0 Å². The first-order valence-corrected chi connectivity index (χ1v) is 11.7. The number of carbonyl (C=O) groups excluding carboxylic acids is 1. The molecule has 0 radical (unpaired) electrons. The van der Waals surface area contributed by atoms with Gasteiger partial charge in [0.2, 0.25) is 5.91 Å². The quantitative estimate of drug-likeness (QED) is 0.601. The second-order valence-electron chi connectivity index (χ2n) is 9.80. The maximum absolute atomic E-state index is 12.8. The molecule has 1 amide bonds. The lowest BCUT2D eigenvalue weighted by atomic mass is 9.91. The molecule has 0 aliphatic carbocycles. The number of benzene rings is 1. The summed E-state index contributed by atoms with van der Waals surface area (Å²) in [7, 11) is 0. The zero-order valence-corrected chi connectivity index (χ0v) is 19.7. The molecule has 1 aliphatic rings. The molecule has 1 aromatic carbocycles. The van der Waals surface area contributed by atoms with Crippen molar-refractivity contribution in [3.63, 3.8) is 0 Å². The van der Waals surface area contributed by atoms with E-state index in [-0.39, 0.29) is 11.3 Å². The van der Waals surface area contributed by atoms with Gasteiger partial charge in [0, 0.05) is 39.0 Å². The van der Waals surface area contributed by atoms with Crippen molar-refractivity contribution in [3.05, 3.63) is 42.4 Å². The highest BCUT2D eigenvalue weighted by Crippen LogP contribution is 2.27. The molecule has 3 heterocycles. The Morgan fingerprint density at radius 1 is 1.03 bits per heavy atom. The molecule has 7 nitrogen and oxygen atoms in total. The van der Waals surface area contributed by atoms with Crippen LogP contribution in [0.2, 0.25) is 0 Å². The van der Waals surface area contributed by atoms with E-state index >= 15 is 0 Å². The van der Waals surface area contributed by atoms with E-state index in [0.717, 1.165) is 73.8 Å². The van der Waals surface area contributed by atoms with E-state index in [1.165, 1.54) is 0 Å². The van der Waals surface area contributed by atoms with E-state index in [2.05, 4.69) is 37.7 Å². The van der Waals surface area contributed by atoms with Crippen LogP contribution >= 0.6 is 0 Å². The van der Waals surface area contributed by atoms with Crippen LogP contribution in [0.1, 0.15) is 52.8 Å². The van der Waals surface area contributed by atoms with Gasteiger partial charge in [0.1, 0.15) is 11.6 Å². The van der Waals surface area contributed by atoms with Crippen molar-refractivity contribution < 1.29 is 4.79 Å². The molecule has 7 heteroatoms. The van der Waals surface area contributed by atoms with Crippen LogP contribution in [0.15, 0.2) is 36.5 Å². The Morgan fingerprint density at radius 3 is 2.53 bits per heavy atom. The third-order valence-corrected chi connectivity index (χ3v) is 5.76. The first-order chi connectivity index (χ1) is 15.4. The summed E-state index contributed by atoms with van der Waals surface area (Å²) in [6, 6.07) is 10.1. The number of amides is 1. The molecule has 0 spiro atoms. The molecule has 0 bridgehead atoms. The largest absolute Gasteiger partial charge is 0.354 e. The smallest absolute Gasteiger partial charge is 0.223 e. The Bertz CT molecular complexity index is 1070. The van der Waals surface area contributed by atoms with E-state index in [0.29, 0.717) is 6.42 Å². The number of aromatic nitrogens is 4. The van der Waals surface area contributed by atoms with Crippen LogP contribution in [-0.2, 0) is 11.2 Å². The highest BCUT2D eigenvalue weighted by Gasteiger charge is 2.25. The maximum atomic E-state index is 12.8. The zero-order chi connectivity index (χ0) is 22.7. The van der Waals surface area contributed by atoms with E-state index < -0.39 is 0 Å². The number of hydrogen-bond donors (Lipinski definition) is 0. The van der Waals surface area contributed by atoms with Crippen molar-refractivity contribution >= 4 is 22.8 Å². The standard InChI is InChI=1S/C25H34N6O/c1-5-10-21-27-23(20-18-26-31(24(20)28-21)19-11-7-6-8-12-19)30-14-9-13-29(15-16-30)22(32)17-25(2,3)4/h6-8,11-12,18H,5,9-10,13-17H2,1-4H3. The Labute approximate surface area is 190 Å². The Balaban J connectivity index is 1.65. The lowest BCUT2D eigenvalue weighted by Crippen LogP contribution is -2.37. The average molecular weight is 435 g/mol. The van der Waals surface area contributed by atoms with Crippen molar-refractivity contribution in [2.75, 3.05) is 31.1 Å². The molecule has 4 rings (SSSR count). The van der Waals surface area contributed by atoms with Crippen LogP contribution in [0.25, 0.3) is 16.7 Å². The van der Waals surface area contributed by atoms with Gasteiger partial charge in [0.15, 0.2) is 5.65 Å². The molecule has 1 aliphatic heterocycles. The van der Waals surface area contributed by atoms with E-state index in [4.69, 9.17) is 9.97 Å². The van der Waals surface area contributed by atoms with Crippen LogP contribution in [0.3, 0.4) is 0 Å². The van der Waals surface area contributed by atoms with Crippen molar-refractivity contribution in [2.24, 2.45) is 5.41 Å². The van der Waals surface area contributed by atoms with Gasteiger partial charge in [-0.25, -0.2) is 14.6 Å². The number of fused-ring (bicyclic) bond motifs is 1. The first-order valence-electron chi connectivity index (χ1n) is 11.7. The van der Waals surface area contributed by atoms with Gasteiger partial charge in [-0.05, 0) is 30.4 Å². The van der Waals surface area contributed by atoms with Crippen LogP contribution < -0.4 is 4.90 Å². The first kappa shape index (κ1) is 22.2. The topological polar surface area (TPSA) is 67.2 Å². The summed E-state index contributed by atoms with van der Waals surface area (Å²) >= 11 is 0. The molecule has 3 aromatic rings. The van der Waals surface area contributed by atoms with Gasteiger partial charge in [-0.1, -0.05) is 45.9 Å². The molecule has 0 saturated carbocycles. The minimum Gasteiger partial charge on any atom is -0.354 e. The molecule has 32 heavy (non-hydrogen) atoms. The summed E-state index contributed by atoms with van der Waals surface area (Å²) in [5, 5.41) is 5.61. The second-order valence-corrected chi connectivity index (χ2v) is 9.80. The molecule has 0 unspecified atom stereocenters. The third-order valence-electron chi connectivity index (χ3n) is 5.76. The summed E-state index contributed by atoms with van der Waals surface area (Å²) in [5.41, 5.74) is 1.84. The third kappa shape index (κ3) is 4.92. The van der Waals surface area contributed by atoms with Crippen LogP contribution in [0.4, 0.5) is 5.82 Å². The summed E-state index contributed by atoms with van der Waals surface area (Å²) < 4.78 is 1.90. The molecule has 1 saturated heterocycles. The van der Waals surface area contributed by atoms with E-state index in [1.807, 2.05) is 46.1 Å². The Kier molecular flexibility index (Phi) is 6.44. The molecular weight excluding hydrogens is 400 g/mol. The van der Waals surface area contributed by atoms with E-state index in [9.17, 15) is 4.79 Å². The van der Waals surface area contributed by atoms with Crippen molar-refractivity contribution in [1.29, 1.82) is 0 Å². The van der Waals surface area contributed by atoms with Gasteiger partial charge < -0.3 is 9.80 Å². The number of hydrogen-bond acceptors (Lipinski definition) is 5. The summed E-state index contributed by atoms with van der Waals surface area (Å²) in [5.74, 6) is 2.03. The number of carbonyl (C=O) groups is 1. The second kappa shape index (κ2) is 9.27. The molecule has 2 aromatic heterocycles. The minimum absolute atomic E-state index is 0.00294. The number of nitrogens with zero attached hydrogens (tertiary/aromatic N) is 6. The van der Waals surface area contributed by atoms with Crippen LogP contribution in [0.5, 0.6) is 0 Å². The van der Waals surface area contributed by atoms with Gasteiger partial charge in [-0.2, -0.15) is 5.10 Å². The summed E-state index contributed by atoms with van der Waals surface area (Å²) in [4.78, 5) is 26.9. The molecule has 170 valence electrons. The molecule has 1 fully saturated rings. The number of para-hydroxylation sites is 1. The maximum Gasteiger partial charge on any atom is 0.223 e. The van der Waals surface area contributed by atoms with Gasteiger partial charge in [-0.3, -0.25) is 4.79 Å². The Hall–Kier alpha value is -2.96. The fourth-order valence-electron chi connectivity index (χ4n) is 4.22. The SMILES string of the molecule is CCCc1nc(N2CCCN(C(=O)CC(C)(C)C)CC2)c2cnn(-c3ccccc3)c2n1. The fourth-order valence-corrected chi connectivity index (χ4v) is 4.22. The van der Waals surface area contributed by atoms with Gasteiger partial charge in [-0.15, -0.1) is 0 Å². The lowest BCUT2D eigenvalue weighted by Gasteiger charge is -2.26. The Morgan fingerprint density at radius 2 is 1.81 bits per heavy atom. The van der Waals surface area contributed by atoms with Gasteiger partial charge >= 0.3 is 0 Å². The zero-order valence-electron chi connectivity index (χ0n) is 19.7. The minimum atomic E-state index is 0.00294. The number of rotatable bonds is 5. The fraction of sp³-hybridized carbons (Fsp3) is 0.520. The summed E-state index contributed by atoms with van der Waals surface area (Å²) in [6.07, 6.45) is 5.19. The van der Waals surface area contributed by atoms with Crippen molar-refractivity contribution in [2.45, 2.75) is 53.4 Å². The van der Waals surface area contributed by atoms with Crippen molar-refractivity contribution in [3.8, 4) is 5.69 Å². The number of aryl methyl sites for hydroxylation is 1. The molecular formula is C25H34N6O. The lowest BCUT2D eigenvalue weighted by molar-refractivity contribution is -0.132. The predicted octanol–water partition coefficient (Wildman–Crippen LogP) is 4.24. The predicted molar refractivity (Wildman–Crippen MR) is 128 cm³/mol. The highest BCUT2D eigenvalue weighted by molar-refractivity contribution is 5.88. The summed E-state index contributed by atoms with van der Waals surface area (Å²) in [6.45, 7) is 11.6. The molecule has 0 N–H and O–H groups in total. The van der Waals surface area contributed by atoms with Crippen LogP contribution in [-0.4, -0.2) is 56.7 Å².